The second-order valence-corrected chi connectivity index (χ2v) is 5.18. The van der Waals surface area contributed by atoms with E-state index in [0.29, 0.717) is 6.54 Å². The van der Waals surface area contributed by atoms with Crippen molar-refractivity contribution in [1.29, 1.82) is 0 Å². The Morgan fingerprint density at radius 2 is 2.11 bits per heavy atom. The molecule has 7 heteroatoms. The Morgan fingerprint density at radius 3 is 2.61 bits per heavy atom. The summed E-state index contributed by atoms with van der Waals surface area (Å²) in [5.74, 6) is 0.194. The van der Waals surface area contributed by atoms with Gasteiger partial charge < -0.3 is 10.4 Å². The summed E-state index contributed by atoms with van der Waals surface area (Å²) in [5, 5.41) is 11.7. The topological polar surface area (TPSA) is 45.1 Å². The molecule has 0 amide bonds. The van der Waals surface area contributed by atoms with Gasteiger partial charge in [0.05, 0.1) is 17.2 Å². The number of hydrogen-bond acceptors (Lipinski definition) is 4. The molecule has 1 rings (SSSR count). The first kappa shape index (κ1) is 15.1. The summed E-state index contributed by atoms with van der Waals surface area (Å²) < 4.78 is 38.1. The zero-order valence-electron chi connectivity index (χ0n) is 10.1. The van der Waals surface area contributed by atoms with Crippen molar-refractivity contribution in [3.05, 3.63) is 17.7 Å². The normalized spacial score (nSPS) is 13.4. The average molecular weight is 280 g/mol. The Morgan fingerprint density at radius 1 is 1.44 bits per heavy atom. The van der Waals surface area contributed by atoms with Crippen LogP contribution < -0.4 is 5.32 Å². The molecule has 3 nitrogen and oxygen atoms in total. The van der Waals surface area contributed by atoms with Gasteiger partial charge in [0.1, 0.15) is 5.82 Å². The maximum Gasteiger partial charge on any atom is 0.416 e. The average Bonchev–Trinajstić information content (AvgIpc) is 2.27. The van der Waals surface area contributed by atoms with Crippen molar-refractivity contribution in [3.63, 3.8) is 0 Å². The van der Waals surface area contributed by atoms with Gasteiger partial charge in [-0.1, -0.05) is 6.92 Å². The van der Waals surface area contributed by atoms with E-state index >= 15 is 0 Å². The first-order chi connectivity index (χ1) is 8.36. The number of aliphatic hydroxyl groups excluding tert-OH is 1. The molecule has 2 N–H and O–H groups in total. The summed E-state index contributed by atoms with van der Waals surface area (Å²) in [7, 11) is 0. The van der Waals surface area contributed by atoms with Gasteiger partial charge >= 0.3 is 6.18 Å². The van der Waals surface area contributed by atoms with Crippen molar-refractivity contribution in [2.24, 2.45) is 0 Å². The van der Waals surface area contributed by atoms with Crippen molar-refractivity contribution in [1.82, 2.24) is 4.98 Å². The van der Waals surface area contributed by atoms with E-state index in [4.69, 9.17) is 5.11 Å². The quantitative estimate of drug-likeness (QED) is 0.814. The van der Waals surface area contributed by atoms with Crippen LogP contribution in [0.1, 0.15) is 19.4 Å². The summed E-state index contributed by atoms with van der Waals surface area (Å²) >= 11 is 1.11. The highest BCUT2D eigenvalue weighted by Gasteiger charge is 2.31. The zero-order valence-corrected chi connectivity index (χ0v) is 10.9. The number of thioether (sulfide) groups is 1. The van der Waals surface area contributed by atoms with E-state index in [1.807, 2.05) is 0 Å². The molecule has 0 saturated carbocycles. The molecule has 0 aliphatic rings. The van der Waals surface area contributed by atoms with E-state index in [-0.39, 0.29) is 22.7 Å². The molecule has 0 fully saturated rings. The summed E-state index contributed by atoms with van der Waals surface area (Å²) in [6.45, 7) is 3.89. The number of rotatable bonds is 5. The Bertz CT molecular complexity index is 398. The van der Waals surface area contributed by atoms with Gasteiger partial charge in [-0.2, -0.15) is 13.2 Å². The molecule has 102 valence electrons. The molecule has 0 saturated heterocycles. The van der Waals surface area contributed by atoms with E-state index < -0.39 is 11.7 Å². The fourth-order valence-electron chi connectivity index (χ4n) is 1.24. The van der Waals surface area contributed by atoms with Gasteiger partial charge in [0, 0.05) is 11.8 Å². The van der Waals surface area contributed by atoms with Crippen LogP contribution in [0.4, 0.5) is 19.0 Å². The predicted octanol–water partition coefficient (Wildman–Crippen LogP) is 3.01. The van der Waals surface area contributed by atoms with Crippen molar-refractivity contribution >= 4 is 17.6 Å². The molecular weight excluding hydrogens is 265 g/mol. The molecule has 1 atom stereocenters. The van der Waals surface area contributed by atoms with Crippen LogP contribution in [0, 0.1) is 0 Å². The molecule has 1 heterocycles. The maximum absolute atomic E-state index is 12.7. The number of nitrogens with one attached hydrogen (secondary N) is 1. The van der Waals surface area contributed by atoms with Gasteiger partial charge in [0.25, 0.3) is 0 Å². The highest BCUT2D eigenvalue weighted by molar-refractivity contribution is 7.99. The lowest BCUT2D eigenvalue weighted by atomic mass is 10.2. The number of halogens is 3. The van der Waals surface area contributed by atoms with Gasteiger partial charge in [-0.3, -0.25) is 0 Å². The largest absolute Gasteiger partial charge is 0.416 e. The first-order valence-electron chi connectivity index (χ1n) is 5.47. The minimum atomic E-state index is -4.40. The lowest BCUT2D eigenvalue weighted by molar-refractivity contribution is -0.137. The molecular formula is C11H15F3N2OS. The smallest absolute Gasteiger partial charge is 0.395 e. The molecule has 1 aromatic rings. The third-order valence-corrected chi connectivity index (χ3v) is 3.07. The summed E-state index contributed by atoms with van der Waals surface area (Å²) in [4.78, 5) is 4.07. The minimum Gasteiger partial charge on any atom is -0.395 e. The standard InChI is InChI=1S/C11H15F3N2OS/c1-3-15-9-4-8(11(12,13)14)5-10(16-9)18-7(2)6-17/h4-5,7,17H,3,6H2,1-2H3,(H,15,16). The number of alkyl halides is 3. The molecule has 1 unspecified atom stereocenters. The van der Waals surface area contributed by atoms with Crippen LogP contribution in [0.2, 0.25) is 0 Å². The van der Waals surface area contributed by atoms with Crippen LogP contribution in [-0.4, -0.2) is 28.5 Å². The van der Waals surface area contributed by atoms with E-state index in [1.54, 1.807) is 13.8 Å². The Hall–Kier alpha value is -0.950. The second kappa shape index (κ2) is 6.29. The van der Waals surface area contributed by atoms with Gasteiger partial charge in [-0.15, -0.1) is 11.8 Å². The lowest BCUT2D eigenvalue weighted by Gasteiger charge is -2.13. The molecule has 0 aliphatic carbocycles. The van der Waals surface area contributed by atoms with Crippen LogP contribution in [-0.2, 0) is 6.18 Å². The molecule has 1 aromatic heterocycles. The van der Waals surface area contributed by atoms with Gasteiger partial charge in [0.15, 0.2) is 0 Å². The van der Waals surface area contributed by atoms with E-state index in [1.165, 1.54) is 0 Å². The first-order valence-corrected chi connectivity index (χ1v) is 6.35. The van der Waals surface area contributed by atoms with Crippen molar-refractivity contribution < 1.29 is 18.3 Å². The van der Waals surface area contributed by atoms with E-state index in [9.17, 15) is 13.2 Å². The number of pyridine rings is 1. The second-order valence-electron chi connectivity index (χ2n) is 3.72. The zero-order chi connectivity index (χ0) is 13.8. The highest BCUT2D eigenvalue weighted by atomic mass is 32.2. The van der Waals surface area contributed by atoms with Crippen LogP contribution in [0.3, 0.4) is 0 Å². The molecule has 0 aromatic carbocycles. The number of aliphatic hydroxyl groups is 1. The monoisotopic (exact) mass is 280 g/mol. The van der Waals surface area contributed by atoms with Gasteiger partial charge in [-0.25, -0.2) is 4.98 Å². The van der Waals surface area contributed by atoms with Crippen LogP contribution in [0.5, 0.6) is 0 Å². The minimum absolute atomic E-state index is 0.112. The van der Waals surface area contributed by atoms with Crippen LogP contribution in [0.25, 0.3) is 0 Å². The third kappa shape index (κ3) is 4.38. The molecule has 0 radical (unpaired) electrons. The summed E-state index contributed by atoms with van der Waals surface area (Å²) in [5.41, 5.74) is -0.735. The summed E-state index contributed by atoms with van der Waals surface area (Å²) in [6, 6.07) is 1.98. The maximum atomic E-state index is 12.7. The number of aromatic nitrogens is 1. The van der Waals surface area contributed by atoms with Gasteiger partial charge in [-0.05, 0) is 19.1 Å². The SMILES string of the molecule is CCNc1cc(C(F)(F)F)cc(SC(C)CO)n1. The van der Waals surface area contributed by atoms with Crippen molar-refractivity contribution in [3.8, 4) is 0 Å². The fourth-order valence-corrected chi connectivity index (χ4v) is 2.08. The Balaban J connectivity index is 3.06. The van der Waals surface area contributed by atoms with Crippen molar-refractivity contribution in [2.45, 2.75) is 30.3 Å². The number of hydrogen-bond donors (Lipinski definition) is 2. The Labute approximate surface area is 108 Å². The molecule has 0 bridgehead atoms. The van der Waals surface area contributed by atoms with E-state index in [0.717, 1.165) is 23.9 Å². The molecule has 0 aliphatic heterocycles. The lowest BCUT2D eigenvalue weighted by Crippen LogP contribution is -2.10. The fraction of sp³-hybridized carbons (Fsp3) is 0.545. The van der Waals surface area contributed by atoms with Crippen molar-refractivity contribution in [2.75, 3.05) is 18.5 Å². The molecule has 18 heavy (non-hydrogen) atoms. The van der Waals surface area contributed by atoms with Gasteiger partial charge in [0.2, 0.25) is 0 Å². The Kier molecular flexibility index (Phi) is 5.28. The number of nitrogens with zero attached hydrogens (tertiary/aromatic N) is 1. The molecule has 0 spiro atoms. The predicted molar refractivity (Wildman–Crippen MR) is 65.8 cm³/mol. The van der Waals surface area contributed by atoms with Crippen LogP contribution >= 0.6 is 11.8 Å². The highest BCUT2D eigenvalue weighted by Crippen LogP contribution is 2.33. The summed E-state index contributed by atoms with van der Waals surface area (Å²) in [6.07, 6.45) is -4.40. The third-order valence-electron chi connectivity index (χ3n) is 2.07. The number of anilines is 1. The van der Waals surface area contributed by atoms with E-state index in [2.05, 4.69) is 10.3 Å². The van der Waals surface area contributed by atoms with Crippen LogP contribution in [0.15, 0.2) is 17.2 Å².